The molecule has 0 unspecified atom stereocenters. The van der Waals surface area contributed by atoms with Gasteiger partial charge in [0.15, 0.2) is 11.6 Å². The van der Waals surface area contributed by atoms with E-state index in [2.05, 4.69) is 27.5 Å². The van der Waals surface area contributed by atoms with Gasteiger partial charge in [-0.1, -0.05) is 22.4 Å². The minimum absolute atomic E-state index is 0.107. The zero-order valence-electron chi connectivity index (χ0n) is 5.23. The molecular weight excluding hydrogens is 203 g/mol. The summed E-state index contributed by atoms with van der Waals surface area (Å²) in [6.07, 6.45) is 3.77. The fraction of sp³-hybridized carbons (Fsp3) is 0.833. The van der Waals surface area contributed by atoms with E-state index in [9.17, 15) is 4.79 Å². The molecule has 0 radical (unpaired) electrons. The second-order valence-corrected chi connectivity index (χ2v) is 3.12. The van der Waals surface area contributed by atoms with E-state index in [1.165, 1.54) is 0 Å². The Hall–Kier alpha value is 0.440. The normalized spacial score (nSPS) is 9.56. The summed E-state index contributed by atoms with van der Waals surface area (Å²) in [4.78, 5) is 10.2. The van der Waals surface area contributed by atoms with Crippen LogP contribution in [0.3, 0.4) is 0 Å². The fourth-order valence-corrected chi connectivity index (χ4v) is 1.08. The van der Waals surface area contributed by atoms with E-state index in [-0.39, 0.29) is 5.24 Å². The molecule has 0 aliphatic rings. The van der Waals surface area contributed by atoms with Crippen LogP contribution in [-0.4, -0.2) is 10.6 Å². The molecule has 0 heterocycles. The zero-order chi connectivity index (χ0) is 7.11. The molecule has 0 N–H and O–H groups in total. The van der Waals surface area contributed by atoms with E-state index >= 15 is 0 Å². The SMILES string of the molecule is O=C([ClH+])CCCCCBr. The van der Waals surface area contributed by atoms with Crippen LogP contribution in [0.5, 0.6) is 0 Å². The molecule has 0 spiro atoms. The lowest BCUT2D eigenvalue weighted by atomic mass is 10.2. The Bertz CT molecular complexity index is 85.1. The van der Waals surface area contributed by atoms with E-state index in [0.29, 0.717) is 6.42 Å². The van der Waals surface area contributed by atoms with Gasteiger partial charge in [0.1, 0.15) is 0 Å². The lowest BCUT2D eigenvalue weighted by molar-refractivity contribution is -0.305. The summed E-state index contributed by atoms with van der Waals surface area (Å²) in [5, 5.41) is 0.920. The fourth-order valence-electron chi connectivity index (χ4n) is 0.541. The minimum Gasteiger partial charge on any atom is -0.225 e. The molecule has 9 heavy (non-hydrogen) atoms. The van der Waals surface area contributed by atoms with Crippen molar-refractivity contribution in [2.24, 2.45) is 0 Å². The second kappa shape index (κ2) is 6.56. The van der Waals surface area contributed by atoms with Crippen molar-refractivity contribution in [2.75, 3.05) is 5.33 Å². The van der Waals surface area contributed by atoms with Crippen LogP contribution in [0, 0.1) is 11.6 Å². The quantitative estimate of drug-likeness (QED) is 0.387. The molecule has 0 saturated heterocycles. The van der Waals surface area contributed by atoms with Crippen LogP contribution in [-0.2, 0) is 4.79 Å². The van der Waals surface area contributed by atoms with Crippen molar-refractivity contribution in [3.8, 4) is 0 Å². The number of hydrogen-bond donors (Lipinski definition) is 0. The monoisotopic (exact) mass is 213 g/mol. The van der Waals surface area contributed by atoms with Crippen LogP contribution in [0.1, 0.15) is 25.7 Å². The van der Waals surface area contributed by atoms with Crippen molar-refractivity contribution >= 4 is 21.2 Å². The first-order chi connectivity index (χ1) is 4.27. The van der Waals surface area contributed by atoms with Gasteiger partial charge in [-0.2, -0.15) is 0 Å². The number of rotatable bonds is 5. The summed E-state index contributed by atoms with van der Waals surface area (Å²) < 4.78 is 0. The van der Waals surface area contributed by atoms with Gasteiger partial charge in [-0.25, -0.2) is 4.79 Å². The Morgan fingerprint density at radius 1 is 1.33 bits per heavy atom. The highest BCUT2D eigenvalue weighted by atomic mass is 79.9. The predicted molar refractivity (Wildman–Crippen MR) is 38.7 cm³/mol. The number of hydrogen-bond acceptors (Lipinski definition) is 1. The molecule has 0 atom stereocenters. The van der Waals surface area contributed by atoms with E-state index < -0.39 is 0 Å². The number of halogens is 2. The van der Waals surface area contributed by atoms with E-state index in [1.807, 2.05) is 0 Å². The van der Waals surface area contributed by atoms with E-state index in [1.54, 1.807) is 0 Å². The molecule has 0 aromatic carbocycles. The lowest BCUT2D eigenvalue weighted by Crippen LogP contribution is -1.90. The van der Waals surface area contributed by atoms with Gasteiger partial charge in [0.25, 0.3) is 0 Å². The molecule has 0 aromatic rings. The third-order valence-corrected chi connectivity index (χ3v) is 1.78. The molecule has 0 aliphatic carbocycles. The van der Waals surface area contributed by atoms with Crippen LogP contribution in [0.25, 0.3) is 0 Å². The van der Waals surface area contributed by atoms with Gasteiger partial charge >= 0.3 is 5.24 Å². The average molecular weight is 215 g/mol. The van der Waals surface area contributed by atoms with Crippen molar-refractivity contribution in [1.82, 2.24) is 0 Å². The maximum Gasteiger partial charge on any atom is 0.399 e. The average Bonchev–Trinajstić information content (AvgIpc) is 1.80. The van der Waals surface area contributed by atoms with Crippen molar-refractivity contribution < 1.29 is 16.4 Å². The summed E-state index contributed by atoms with van der Waals surface area (Å²) in [5.41, 5.74) is 0. The maximum absolute atomic E-state index is 10.2. The van der Waals surface area contributed by atoms with E-state index in [0.717, 1.165) is 24.6 Å². The minimum atomic E-state index is -0.107. The smallest absolute Gasteiger partial charge is 0.225 e. The van der Waals surface area contributed by atoms with Crippen LogP contribution in [0.2, 0.25) is 0 Å². The Labute approximate surface area is 68.9 Å². The largest absolute Gasteiger partial charge is 0.399 e. The Morgan fingerprint density at radius 2 is 2.00 bits per heavy atom. The molecule has 0 saturated carbocycles. The second-order valence-electron chi connectivity index (χ2n) is 1.87. The third-order valence-electron chi connectivity index (χ3n) is 1.01. The molecule has 0 bridgehead atoms. The van der Waals surface area contributed by atoms with Crippen molar-refractivity contribution in [2.45, 2.75) is 25.7 Å². The van der Waals surface area contributed by atoms with Crippen molar-refractivity contribution in [1.29, 1.82) is 0 Å². The molecule has 0 fully saturated rings. The Balaban J connectivity index is 2.83. The standard InChI is InChI=1S/C6H11BrClO/c7-5-3-1-2-4-6(8)9/h8H,1-5H2/q+1. The Kier molecular flexibility index (Phi) is 6.88. The number of carbonyl (C=O) groups excluding carboxylic acids is 1. The first kappa shape index (κ1) is 9.44. The number of unbranched alkanes of at least 4 members (excludes halogenated alkanes) is 2. The molecular formula is C6H11BrClO+. The molecule has 0 amide bonds. The molecule has 1 nitrogen and oxygen atoms in total. The molecule has 0 aliphatic heterocycles. The van der Waals surface area contributed by atoms with Gasteiger partial charge in [0, 0.05) is 5.33 Å². The van der Waals surface area contributed by atoms with Gasteiger partial charge in [-0.15, -0.1) is 0 Å². The molecule has 54 valence electrons. The highest BCUT2D eigenvalue weighted by Crippen LogP contribution is 2.01. The summed E-state index contributed by atoms with van der Waals surface area (Å²) in [7, 11) is 0. The zero-order valence-corrected chi connectivity index (χ0v) is 7.63. The van der Waals surface area contributed by atoms with Crippen LogP contribution in [0.4, 0.5) is 0 Å². The van der Waals surface area contributed by atoms with Crippen molar-refractivity contribution in [3.05, 3.63) is 0 Å². The lowest BCUT2D eigenvalue weighted by Gasteiger charge is -1.89. The summed E-state index contributed by atoms with van der Waals surface area (Å²) in [5.74, 6) is 0. The first-order valence-corrected chi connectivity index (χ1v) is 4.56. The molecule has 0 rings (SSSR count). The van der Waals surface area contributed by atoms with Crippen LogP contribution in [0.15, 0.2) is 0 Å². The Morgan fingerprint density at radius 3 is 2.44 bits per heavy atom. The predicted octanol–water partition coefficient (Wildman–Crippen LogP) is 1.75. The van der Waals surface area contributed by atoms with Gasteiger partial charge in [0.05, 0.1) is 6.42 Å². The first-order valence-electron chi connectivity index (χ1n) is 3.03. The summed E-state index contributed by atoms with van der Waals surface area (Å²) >= 11 is 7.68. The van der Waals surface area contributed by atoms with Crippen LogP contribution >= 0.6 is 15.9 Å². The number of carbonyl (C=O) groups is 1. The highest BCUT2D eigenvalue weighted by Gasteiger charge is 2.02. The van der Waals surface area contributed by atoms with Gasteiger partial charge in [0.2, 0.25) is 0 Å². The number of alkyl halides is 1. The van der Waals surface area contributed by atoms with Gasteiger partial charge < -0.3 is 0 Å². The highest BCUT2D eigenvalue weighted by molar-refractivity contribution is 9.09. The topological polar surface area (TPSA) is 17.1 Å². The maximum atomic E-state index is 10.2. The summed E-state index contributed by atoms with van der Waals surface area (Å²) in [6, 6.07) is 0. The summed E-state index contributed by atoms with van der Waals surface area (Å²) in [6.45, 7) is 0. The third kappa shape index (κ3) is 8.44. The molecule has 0 aromatic heterocycles. The van der Waals surface area contributed by atoms with Gasteiger partial charge in [-0.05, 0) is 12.8 Å². The molecule has 3 heteroatoms. The van der Waals surface area contributed by atoms with Crippen molar-refractivity contribution in [3.63, 3.8) is 0 Å². The van der Waals surface area contributed by atoms with Crippen LogP contribution < -0.4 is 0 Å². The van der Waals surface area contributed by atoms with E-state index in [4.69, 9.17) is 0 Å². The van der Waals surface area contributed by atoms with Gasteiger partial charge in [-0.3, -0.25) is 0 Å².